The van der Waals surface area contributed by atoms with E-state index in [1.165, 1.54) is 21.6 Å². The molecule has 2 heterocycles. The number of carbonyl (C=O) groups excluding carboxylic acids is 2. The zero-order chi connectivity index (χ0) is 24.3. The largest absolute Gasteiger partial charge is 0.348 e. The van der Waals surface area contributed by atoms with Crippen molar-refractivity contribution in [2.24, 2.45) is 0 Å². The summed E-state index contributed by atoms with van der Waals surface area (Å²) in [6.45, 7) is 2.41. The lowest BCUT2D eigenvalue weighted by Gasteiger charge is -2.33. The summed E-state index contributed by atoms with van der Waals surface area (Å²) in [4.78, 5) is 40.0. The molecule has 2 aliphatic carbocycles. The lowest BCUT2D eigenvalue weighted by Crippen LogP contribution is -2.51. The van der Waals surface area contributed by atoms with E-state index in [0.717, 1.165) is 11.1 Å². The number of halogens is 1. The molecule has 2 fully saturated rings. The van der Waals surface area contributed by atoms with E-state index in [9.17, 15) is 27.2 Å². The Morgan fingerprint density at radius 1 is 1.03 bits per heavy atom. The van der Waals surface area contributed by atoms with Gasteiger partial charge in [0.1, 0.15) is 11.3 Å². The number of benzene rings is 1. The predicted molar refractivity (Wildman–Crippen MR) is 123 cm³/mol. The molecule has 2 amide bonds. The summed E-state index contributed by atoms with van der Waals surface area (Å²) in [7, 11) is -3.99. The summed E-state index contributed by atoms with van der Waals surface area (Å²) in [5, 5.41) is 0.574. The van der Waals surface area contributed by atoms with Gasteiger partial charge in [-0.2, -0.15) is 0 Å². The van der Waals surface area contributed by atoms with Crippen molar-refractivity contribution in [1.29, 1.82) is 0 Å². The summed E-state index contributed by atoms with van der Waals surface area (Å²) in [6.07, 6.45) is 0.686. The molecular formula is C24H26FN3O5S. The molecule has 180 valence electrons. The van der Waals surface area contributed by atoms with Crippen LogP contribution in [0.4, 0.5) is 4.39 Å². The molecule has 0 unspecified atom stereocenters. The molecule has 34 heavy (non-hydrogen) atoms. The van der Waals surface area contributed by atoms with Crippen LogP contribution in [0.5, 0.6) is 0 Å². The van der Waals surface area contributed by atoms with Crippen LogP contribution in [0.1, 0.15) is 57.7 Å². The van der Waals surface area contributed by atoms with E-state index in [1.54, 1.807) is 0 Å². The van der Waals surface area contributed by atoms with Gasteiger partial charge in [-0.25, -0.2) is 12.8 Å². The first-order valence-electron chi connectivity index (χ1n) is 11.4. The molecule has 1 N–H and O–H groups in total. The maximum atomic E-state index is 14.5. The van der Waals surface area contributed by atoms with Gasteiger partial charge in [0.2, 0.25) is 5.00 Å². The minimum Gasteiger partial charge on any atom is -0.348 e. The van der Waals surface area contributed by atoms with E-state index in [2.05, 4.69) is 5.32 Å². The summed E-state index contributed by atoms with van der Waals surface area (Å²) < 4.78 is 40.0. The van der Waals surface area contributed by atoms with Crippen molar-refractivity contribution in [2.45, 2.75) is 55.4 Å². The Kier molecular flexibility index (Phi) is 5.20. The Hall–Kier alpha value is -3.01. The summed E-state index contributed by atoms with van der Waals surface area (Å²) >= 11 is 0. The number of aromatic nitrogens is 1. The number of fused-ring (bicyclic) bond motifs is 1. The molecule has 1 aliphatic heterocycles. The van der Waals surface area contributed by atoms with E-state index in [0.29, 0.717) is 12.8 Å². The van der Waals surface area contributed by atoms with Gasteiger partial charge in [0, 0.05) is 26.2 Å². The number of nitrogens with zero attached hydrogens (tertiary/aromatic N) is 2. The second-order valence-corrected chi connectivity index (χ2v) is 12.2. The smallest absolute Gasteiger partial charge is 0.270 e. The van der Waals surface area contributed by atoms with Crippen molar-refractivity contribution in [3.05, 3.63) is 69.1 Å². The zero-order valence-corrected chi connectivity index (χ0v) is 19.7. The molecule has 2 saturated carbocycles. The second-order valence-electron chi connectivity index (χ2n) is 9.55. The van der Waals surface area contributed by atoms with Gasteiger partial charge in [-0.15, -0.1) is 0 Å². The topological polar surface area (TPSA) is 106 Å². The SMILES string of the molecule is Cc1ccc(CNC(=O)c2ccc3n(c2=O)CCN(CC2(S(=O)(=O)C4(F)CC4)CC2)C3=O)cc1. The number of hydrogen-bond acceptors (Lipinski definition) is 5. The van der Waals surface area contributed by atoms with E-state index >= 15 is 0 Å². The number of alkyl halides is 1. The molecule has 1 aromatic carbocycles. The third kappa shape index (κ3) is 3.64. The number of pyridine rings is 1. The first kappa shape index (κ1) is 22.8. The molecule has 5 rings (SSSR count). The quantitative estimate of drug-likeness (QED) is 0.643. The number of rotatable bonds is 7. The molecule has 3 aliphatic rings. The average molecular weight is 488 g/mol. The van der Waals surface area contributed by atoms with Gasteiger partial charge >= 0.3 is 0 Å². The minimum atomic E-state index is -3.99. The molecule has 1 aromatic heterocycles. The maximum absolute atomic E-state index is 14.5. The van der Waals surface area contributed by atoms with Gasteiger partial charge in [0.25, 0.3) is 17.4 Å². The Morgan fingerprint density at radius 2 is 1.71 bits per heavy atom. The molecule has 0 bridgehead atoms. The average Bonchev–Trinajstić information content (AvgIpc) is 3.73. The van der Waals surface area contributed by atoms with E-state index in [1.807, 2.05) is 31.2 Å². The highest BCUT2D eigenvalue weighted by Crippen LogP contribution is 2.57. The van der Waals surface area contributed by atoms with Crippen LogP contribution in [0.15, 0.2) is 41.2 Å². The Morgan fingerprint density at radius 3 is 2.32 bits per heavy atom. The summed E-state index contributed by atoms with van der Waals surface area (Å²) in [5.41, 5.74) is 1.46. The fraction of sp³-hybridized carbons (Fsp3) is 0.458. The fourth-order valence-corrected chi connectivity index (χ4v) is 6.91. The van der Waals surface area contributed by atoms with Crippen molar-refractivity contribution >= 4 is 21.7 Å². The van der Waals surface area contributed by atoms with Crippen LogP contribution >= 0.6 is 0 Å². The number of nitrogens with one attached hydrogen (secondary N) is 1. The van der Waals surface area contributed by atoms with E-state index < -0.39 is 37.0 Å². The molecule has 0 radical (unpaired) electrons. The highest BCUT2D eigenvalue weighted by Gasteiger charge is 2.69. The Balaban J connectivity index is 1.31. The van der Waals surface area contributed by atoms with Gasteiger partial charge in [-0.1, -0.05) is 29.8 Å². The number of aryl methyl sites for hydroxylation is 1. The number of carbonyl (C=O) groups is 2. The molecule has 0 spiro atoms. The van der Waals surface area contributed by atoms with Gasteiger partial charge in [0.15, 0.2) is 9.84 Å². The predicted octanol–water partition coefficient (Wildman–Crippen LogP) is 1.95. The lowest BCUT2D eigenvalue weighted by molar-refractivity contribution is 0.0694. The van der Waals surface area contributed by atoms with Crippen molar-refractivity contribution < 1.29 is 22.4 Å². The first-order valence-corrected chi connectivity index (χ1v) is 12.9. The maximum Gasteiger partial charge on any atom is 0.270 e. The van der Waals surface area contributed by atoms with Crippen molar-refractivity contribution in [3.8, 4) is 0 Å². The molecule has 0 atom stereocenters. The monoisotopic (exact) mass is 487 g/mol. The van der Waals surface area contributed by atoms with Gasteiger partial charge < -0.3 is 14.8 Å². The van der Waals surface area contributed by atoms with Crippen LogP contribution in [0.3, 0.4) is 0 Å². The van der Waals surface area contributed by atoms with Crippen molar-refractivity contribution in [3.63, 3.8) is 0 Å². The summed E-state index contributed by atoms with van der Waals surface area (Å²) in [6, 6.07) is 10.4. The van der Waals surface area contributed by atoms with Crippen LogP contribution in [0, 0.1) is 6.92 Å². The van der Waals surface area contributed by atoms with Crippen molar-refractivity contribution in [2.75, 3.05) is 13.1 Å². The molecule has 10 heteroatoms. The standard InChI is InChI=1S/C24H26FN3O5S/c1-16-2-4-17(5-3-16)14-26-20(29)18-6-7-19-22(31)27(12-13-28(19)21(18)30)15-23(8-9-23)34(32,33)24(25)10-11-24/h2-7H,8-15H2,1H3,(H,26,29). The Labute approximate surface area is 196 Å². The lowest BCUT2D eigenvalue weighted by atomic mass is 10.1. The highest BCUT2D eigenvalue weighted by atomic mass is 32.2. The van der Waals surface area contributed by atoms with Crippen molar-refractivity contribution in [1.82, 2.24) is 14.8 Å². The van der Waals surface area contributed by atoms with Crippen LogP contribution in [0.2, 0.25) is 0 Å². The van der Waals surface area contributed by atoms with Crippen LogP contribution in [0.25, 0.3) is 0 Å². The third-order valence-electron chi connectivity index (χ3n) is 7.07. The molecule has 8 nitrogen and oxygen atoms in total. The fourth-order valence-electron chi connectivity index (χ4n) is 4.53. The van der Waals surface area contributed by atoms with E-state index in [-0.39, 0.29) is 50.3 Å². The van der Waals surface area contributed by atoms with E-state index in [4.69, 9.17) is 0 Å². The Bertz CT molecular complexity index is 1340. The summed E-state index contributed by atoms with van der Waals surface area (Å²) in [5.74, 6) is -1.02. The van der Waals surface area contributed by atoms with Gasteiger partial charge in [-0.3, -0.25) is 14.4 Å². The third-order valence-corrected chi connectivity index (χ3v) is 10.1. The van der Waals surface area contributed by atoms with Crippen LogP contribution in [-0.2, 0) is 22.9 Å². The normalized spacial score (nSPS) is 19.9. The second kappa shape index (κ2) is 7.76. The number of sulfone groups is 1. The van der Waals surface area contributed by atoms with Gasteiger partial charge in [-0.05, 0) is 50.3 Å². The zero-order valence-electron chi connectivity index (χ0n) is 18.8. The molecule has 0 saturated heterocycles. The van der Waals surface area contributed by atoms with Gasteiger partial charge in [0.05, 0.1) is 4.75 Å². The first-order chi connectivity index (χ1) is 16.1. The molecule has 2 aromatic rings. The number of amides is 2. The minimum absolute atomic E-state index is 0.0119. The molecular weight excluding hydrogens is 461 g/mol. The van der Waals surface area contributed by atoms with Crippen LogP contribution in [-0.4, -0.2) is 52.5 Å². The highest BCUT2D eigenvalue weighted by molar-refractivity contribution is 7.94. The van der Waals surface area contributed by atoms with Crippen LogP contribution < -0.4 is 10.9 Å². The number of hydrogen-bond donors (Lipinski definition) is 1.